The van der Waals surface area contributed by atoms with Crippen LogP contribution in [0.3, 0.4) is 0 Å². The number of carbonyl (C=O) groups is 1. The maximum absolute atomic E-state index is 12.4. The van der Waals surface area contributed by atoms with Gasteiger partial charge in [-0.25, -0.2) is 4.79 Å². The number of carbonyl (C=O) groups excluding carboxylic acids is 1. The van der Waals surface area contributed by atoms with Crippen LogP contribution < -0.4 is 20.1 Å². The zero-order valence-corrected chi connectivity index (χ0v) is 17.1. The predicted octanol–water partition coefficient (Wildman–Crippen LogP) is 3.55. The smallest absolute Gasteiger partial charge is 0.314 e. The lowest BCUT2D eigenvalue weighted by Crippen LogP contribution is -2.44. The van der Waals surface area contributed by atoms with Crippen LogP contribution in [0.25, 0.3) is 0 Å². The van der Waals surface area contributed by atoms with E-state index in [4.69, 9.17) is 9.47 Å². The Kier molecular flexibility index (Phi) is 6.99. The fourth-order valence-corrected chi connectivity index (χ4v) is 4.12. The van der Waals surface area contributed by atoms with E-state index in [1.165, 1.54) is 18.4 Å². The molecule has 0 bridgehead atoms. The van der Waals surface area contributed by atoms with Crippen molar-refractivity contribution in [3.05, 3.63) is 59.7 Å². The highest BCUT2D eigenvalue weighted by atomic mass is 16.5. The minimum atomic E-state index is -0.902. The number of amides is 2. The van der Waals surface area contributed by atoms with Crippen molar-refractivity contribution in [1.29, 1.82) is 0 Å². The maximum Gasteiger partial charge on any atom is 0.314 e. The monoisotopic (exact) mass is 398 g/mol. The number of benzene rings is 2. The Morgan fingerprint density at radius 1 is 1.07 bits per heavy atom. The summed E-state index contributed by atoms with van der Waals surface area (Å²) < 4.78 is 10.5. The summed E-state index contributed by atoms with van der Waals surface area (Å²) in [6, 6.07) is 15.3. The van der Waals surface area contributed by atoms with E-state index >= 15 is 0 Å². The first kappa shape index (κ1) is 21.0. The van der Waals surface area contributed by atoms with Gasteiger partial charge in [-0.15, -0.1) is 0 Å². The molecular formula is C23H30N2O4. The average Bonchev–Trinajstić information content (AvgIpc) is 3.26. The number of ether oxygens (including phenoxy) is 2. The van der Waals surface area contributed by atoms with E-state index in [0.717, 1.165) is 12.8 Å². The first-order valence-corrected chi connectivity index (χ1v) is 10.1. The quantitative estimate of drug-likeness (QED) is 0.635. The van der Waals surface area contributed by atoms with Gasteiger partial charge in [-0.2, -0.15) is 0 Å². The lowest BCUT2D eigenvalue weighted by molar-refractivity contribution is 0.168. The van der Waals surface area contributed by atoms with Crippen LogP contribution in [0.2, 0.25) is 0 Å². The van der Waals surface area contributed by atoms with E-state index < -0.39 is 6.10 Å². The van der Waals surface area contributed by atoms with Crippen LogP contribution in [0.1, 0.15) is 42.9 Å². The molecule has 0 spiro atoms. The van der Waals surface area contributed by atoms with Crippen molar-refractivity contribution >= 4 is 6.03 Å². The number of hydrogen-bond acceptors (Lipinski definition) is 4. The first-order valence-electron chi connectivity index (χ1n) is 10.1. The van der Waals surface area contributed by atoms with E-state index in [2.05, 4.69) is 22.8 Å². The number of aliphatic hydroxyl groups excluding tert-OH is 1. The molecule has 6 nitrogen and oxygen atoms in total. The van der Waals surface area contributed by atoms with Gasteiger partial charge in [0.05, 0.1) is 14.2 Å². The van der Waals surface area contributed by atoms with E-state index in [1.807, 2.05) is 18.2 Å². The fraction of sp³-hybridized carbons (Fsp3) is 0.435. The summed E-state index contributed by atoms with van der Waals surface area (Å²) in [5.41, 5.74) is 1.84. The minimum Gasteiger partial charge on any atom is -0.497 e. The van der Waals surface area contributed by atoms with Gasteiger partial charge in [-0.3, -0.25) is 0 Å². The molecular weight excluding hydrogens is 368 g/mol. The molecule has 0 aromatic heterocycles. The lowest BCUT2D eigenvalue weighted by atomic mass is 9.79. The molecule has 2 amide bonds. The SMILES string of the molecule is COc1ccc(OC)c(C(O)CNC(=O)NCC2(c3ccccc3)CCCC2)c1. The Morgan fingerprint density at radius 2 is 1.79 bits per heavy atom. The van der Waals surface area contributed by atoms with Gasteiger partial charge in [-0.05, 0) is 36.6 Å². The molecule has 2 aromatic rings. The second-order valence-corrected chi connectivity index (χ2v) is 7.54. The van der Waals surface area contributed by atoms with Crippen LogP contribution in [-0.2, 0) is 5.41 Å². The molecule has 1 saturated carbocycles. The van der Waals surface area contributed by atoms with Crippen molar-refractivity contribution in [2.45, 2.75) is 37.2 Å². The Balaban J connectivity index is 1.57. The molecule has 1 atom stereocenters. The molecule has 1 unspecified atom stereocenters. The fourth-order valence-electron chi connectivity index (χ4n) is 4.12. The number of nitrogens with one attached hydrogen (secondary N) is 2. The number of hydrogen-bond donors (Lipinski definition) is 3. The Labute approximate surface area is 172 Å². The Bertz CT molecular complexity index is 804. The maximum atomic E-state index is 12.4. The van der Waals surface area contributed by atoms with Crippen molar-refractivity contribution in [2.75, 3.05) is 27.3 Å². The van der Waals surface area contributed by atoms with Crippen molar-refractivity contribution < 1.29 is 19.4 Å². The molecule has 1 aliphatic rings. The molecule has 156 valence electrons. The van der Waals surface area contributed by atoms with Gasteiger partial charge in [0.15, 0.2) is 0 Å². The molecule has 1 fully saturated rings. The highest BCUT2D eigenvalue weighted by Gasteiger charge is 2.35. The minimum absolute atomic E-state index is 0.00671. The average molecular weight is 399 g/mol. The van der Waals surface area contributed by atoms with Crippen LogP contribution >= 0.6 is 0 Å². The summed E-state index contributed by atoms with van der Waals surface area (Å²) in [7, 11) is 3.11. The standard InChI is InChI=1S/C23H30N2O4/c1-28-18-10-11-21(29-2)19(14-18)20(26)15-24-22(27)25-16-23(12-6-7-13-23)17-8-4-3-5-9-17/h3-5,8-11,14,20,26H,6-7,12-13,15-16H2,1-2H3,(H2,24,25,27). The molecule has 3 rings (SSSR count). The second-order valence-electron chi connectivity index (χ2n) is 7.54. The highest BCUT2D eigenvalue weighted by molar-refractivity contribution is 5.74. The third-order valence-corrected chi connectivity index (χ3v) is 5.79. The summed E-state index contributed by atoms with van der Waals surface area (Å²) in [4.78, 5) is 12.4. The van der Waals surface area contributed by atoms with E-state index in [1.54, 1.807) is 32.4 Å². The van der Waals surface area contributed by atoms with E-state index in [0.29, 0.717) is 23.6 Å². The third kappa shape index (κ3) is 5.01. The van der Waals surface area contributed by atoms with Gasteiger partial charge in [0.2, 0.25) is 0 Å². The molecule has 1 aliphatic carbocycles. The largest absolute Gasteiger partial charge is 0.497 e. The van der Waals surface area contributed by atoms with Crippen LogP contribution in [0, 0.1) is 0 Å². The van der Waals surface area contributed by atoms with Gasteiger partial charge in [0, 0.05) is 24.1 Å². The summed E-state index contributed by atoms with van der Waals surface area (Å²) in [5, 5.41) is 16.3. The first-order chi connectivity index (χ1) is 14.1. The van der Waals surface area contributed by atoms with Gasteiger partial charge in [-0.1, -0.05) is 43.2 Å². The molecule has 29 heavy (non-hydrogen) atoms. The number of rotatable bonds is 8. The molecule has 0 aliphatic heterocycles. The molecule has 3 N–H and O–H groups in total. The lowest BCUT2D eigenvalue weighted by Gasteiger charge is -2.30. The van der Waals surface area contributed by atoms with Gasteiger partial charge in [0.25, 0.3) is 0 Å². The predicted molar refractivity (Wildman–Crippen MR) is 112 cm³/mol. The van der Waals surface area contributed by atoms with Gasteiger partial charge >= 0.3 is 6.03 Å². The van der Waals surface area contributed by atoms with Gasteiger partial charge < -0.3 is 25.2 Å². The molecule has 6 heteroatoms. The zero-order valence-electron chi connectivity index (χ0n) is 17.1. The van der Waals surface area contributed by atoms with Crippen LogP contribution in [0.4, 0.5) is 4.79 Å². The van der Waals surface area contributed by atoms with Crippen LogP contribution in [0.5, 0.6) is 11.5 Å². The molecule has 0 heterocycles. The summed E-state index contributed by atoms with van der Waals surface area (Å²) >= 11 is 0. The Hall–Kier alpha value is -2.73. The molecule has 0 radical (unpaired) electrons. The van der Waals surface area contributed by atoms with E-state index in [-0.39, 0.29) is 18.0 Å². The van der Waals surface area contributed by atoms with Crippen molar-refractivity contribution in [1.82, 2.24) is 10.6 Å². The molecule has 2 aromatic carbocycles. The van der Waals surface area contributed by atoms with Crippen molar-refractivity contribution in [3.63, 3.8) is 0 Å². The van der Waals surface area contributed by atoms with Crippen LogP contribution in [-0.4, -0.2) is 38.4 Å². The second kappa shape index (κ2) is 9.65. The van der Waals surface area contributed by atoms with Crippen molar-refractivity contribution in [2.24, 2.45) is 0 Å². The van der Waals surface area contributed by atoms with Gasteiger partial charge in [0.1, 0.15) is 17.6 Å². The number of aliphatic hydroxyl groups is 1. The summed E-state index contributed by atoms with van der Waals surface area (Å²) in [6.45, 7) is 0.662. The third-order valence-electron chi connectivity index (χ3n) is 5.79. The molecule has 0 saturated heterocycles. The highest BCUT2D eigenvalue weighted by Crippen LogP contribution is 2.40. The van der Waals surface area contributed by atoms with Crippen molar-refractivity contribution in [3.8, 4) is 11.5 Å². The normalized spacial score (nSPS) is 16.1. The Morgan fingerprint density at radius 3 is 2.45 bits per heavy atom. The number of methoxy groups -OCH3 is 2. The van der Waals surface area contributed by atoms with Crippen LogP contribution in [0.15, 0.2) is 48.5 Å². The summed E-state index contributed by atoms with van der Waals surface area (Å²) in [5.74, 6) is 1.17. The topological polar surface area (TPSA) is 79.8 Å². The van der Waals surface area contributed by atoms with E-state index in [9.17, 15) is 9.90 Å². The zero-order chi connectivity index (χ0) is 20.7. The summed E-state index contributed by atoms with van der Waals surface area (Å²) in [6.07, 6.45) is 3.58. The number of urea groups is 1.